The van der Waals surface area contributed by atoms with Gasteiger partial charge in [-0.3, -0.25) is 14.6 Å². The van der Waals surface area contributed by atoms with Gasteiger partial charge in [-0.2, -0.15) is 0 Å². The number of hydrogen-bond acceptors (Lipinski definition) is 5. The monoisotopic (exact) mass is 390 g/mol. The zero-order valence-corrected chi connectivity index (χ0v) is 15.5. The molecule has 1 fully saturated rings. The van der Waals surface area contributed by atoms with E-state index in [0.29, 0.717) is 38.2 Å². The Morgan fingerprint density at radius 3 is 2.42 bits per heavy atom. The van der Waals surface area contributed by atoms with Crippen LogP contribution in [0.2, 0.25) is 0 Å². The van der Waals surface area contributed by atoms with Gasteiger partial charge >= 0.3 is 5.97 Å². The number of aliphatic carboxylic acids is 1. The lowest BCUT2D eigenvalue weighted by atomic mass is 10.0. The smallest absolute Gasteiger partial charge is 0.318 e. The summed E-state index contributed by atoms with van der Waals surface area (Å²) < 4.78 is 50.5. The first-order valence-corrected chi connectivity index (χ1v) is 10.4. The molecule has 1 aliphatic rings. The number of nitrogens with zero attached hydrogens (tertiary/aromatic N) is 2. The molecule has 1 atom stereocenters. The molecular weight excluding hydrogens is 366 g/mol. The summed E-state index contributed by atoms with van der Waals surface area (Å²) in [4.78, 5) is 14.6. The van der Waals surface area contributed by atoms with Crippen LogP contribution < -0.4 is 0 Å². The van der Waals surface area contributed by atoms with Crippen LogP contribution in [0.15, 0.2) is 18.2 Å². The van der Waals surface area contributed by atoms with Crippen LogP contribution in [-0.4, -0.2) is 73.5 Å². The van der Waals surface area contributed by atoms with Crippen molar-refractivity contribution < 1.29 is 27.1 Å². The average molecular weight is 390 g/mol. The molecule has 0 aliphatic carbocycles. The minimum Gasteiger partial charge on any atom is -0.480 e. The topological polar surface area (TPSA) is 77.9 Å². The molecule has 1 saturated heterocycles. The summed E-state index contributed by atoms with van der Waals surface area (Å²) in [5.41, 5.74) is 0.464. The quantitative estimate of drug-likeness (QED) is 0.725. The van der Waals surface area contributed by atoms with Crippen molar-refractivity contribution in [1.29, 1.82) is 0 Å². The van der Waals surface area contributed by atoms with Gasteiger partial charge in [0.2, 0.25) is 0 Å². The number of carbonyl (C=O) groups is 1. The third-order valence-electron chi connectivity index (χ3n) is 4.62. The second-order valence-electron chi connectivity index (χ2n) is 6.45. The minimum absolute atomic E-state index is 0.159. The Labute approximate surface area is 152 Å². The molecule has 1 unspecified atom stereocenters. The number of sulfone groups is 1. The van der Waals surface area contributed by atoms with E-state index in [9.17, 15) is 22.0 Å². The van der Waals surface area contributed by atoms with E-state index < -0.39 is 33.2 Å². The number of benzene rings is 1. The molecule has 0 spiro atoms. The molecular formula is C17H24F2N2O4S. The number of rotatable bonds is 8. The molecule has 1 aliphatic heterocycles. The van der Waals surface area contributed by atoms with E-state index in [1.165, 1.54) is 12.1 Å². The van der Waals surface area contributed by atoms with Gasteiger partial charge in [0.15, 0.2) is 9.84 Å². The summed E-state index contributed by atoms with van der Waals surface area (Å²) in [5.74, 6) is -3.55. The molecule has 6 nitrogen and oxygen atoms in total. The molecule has 0 radical (unpaired) electrons. The number of halogens is 2. The van der Waals surface area contributed by atoms with E-state index >= 15 is 0 Å². The fourth-order valence-corrected chi connectivity index (χ4v) is 4.33. The number of carboxylic acids is 1. The molecule has 0 amide bonds. The van der Waals surface area contributed by atoms with Crippen LogP contribution in [0, 0.1) is 11.6 Å². The Morgan fingerprint density at radius 2 is 1.88 bits per heavy atom. The minimum atomic E-state index is -3.61. The van der Waals surface area contributed by atoms with Crippen molar-refractivity contribution in [2.24, 2.45) is 0 Å². The van der Waals surface area contributed by atoms with Crippen molar-refractivity contribution in [3.05, 3.63) is 35.4 Å². The third kappa shape index (κ3) is 5.72. The second-order valence-corrected chi connectivity index (χ2v) is 8.64. The van der Waals surface area contributed by atoms with Crippen LogP contribution in [0.3, 0.4) is 0 Å². The molecule has 1 aromatic carbocycles. The Morgan fingerprint density at radius 1 is 1.23 bits per heavy atom. The molecule has 1 aromatic rings. The van der Waals surface area contributed by atoms with Gasteiger partial charge in [0.05, 0.1) is 5.75 Å². The highest BCUT2D eigenvalue weighted by molar-refractivity contribution is 7.92. The van der Waals surface area contributed by atoms with E-state index in [4.69, 9.17) is 5.11 Å². The Hall–Kier alpha value is -1.58. The lowest BCUT2D eigenvalue weighted by molar-refractivity contribution is -0.134. The van der Waals surface area contributed by atoms with Gasteiger partial charge in [0.25, 0.3) is 0 Å². The average Bonchev–Trinajstić information content (AvgIpc) is 2.55. The highest BCUT2D eigenvalue weighted by atomic mass is 32.2. The van der Waals surface area contributed by atoms with Gasteiger partial charge in [-0.25, -0.2) is 17.2 Å². The van der Waals surface area contributed by atoms with E-state index in [2.05, 4.69) is 4.90 Å². The van der Waals surface area contributed by atoms with Crippen LogP contribution >= 0.6 is 0 Å². The van der Waals surface area contributed by atoms with Crippen LogP contribution in [0.4, 0.5) is 8.78 Å². The number of carboxylic acid groups (broad SMARTS) is 1. The number of hydrogen-bond donors (Lipinski definition) is 1. The van der Waals surface area contributed by atoms with Crippen molar-refractivity contribution in [3.8, 4) is 0 Å². The third-order valence-corrected chi connectivity index (χ3v) is 6.11. The molecule has 1 N–H and O–H groups in total. The van der Waals surface area contributed by atoms with Crippen LogP contribution in [0.5, 0.6) is 0 Å². The molecule has 9 heteroatoms. The first-order valence-electron chi connectivity index (χ1n) is 8.55. The highest BCUT2D eigenvalue weighted by Crippen LogP contribution is 2.27. The Kier molecular flexibility index (Phi) is 7.08. The lowest BCUT2D eigenvalue weighted by Crippen LogP contribution is -2.48. The fraction of sp³-hybridized carbons (Fsp3) is 0.588. The van der Waals surface area contributed by atoms with Gasteiger partial charge in [0, 0.05) is 50.4 Å². The maximum atomic E-state index is 14.1. The standard InChI is InChI=1S/C17H24F2N2O4S/c1-2-16(14-4-3-13(18)11-15(14)19)21-7-5-20(6-8-21)9-10-26(24,25)12-17(22)23/h3-4,11,16H,2,5-10,12H2,1H3,(H,22,23). The van der Waals surface area contributed by atoms with Crippen molar-refractivity contribution in [1.82, 2.24) is 9.80 Å². The van der Waals surface area contributed by atoms with Gasteiger partial charge in [-0.05, 0) is 12.5 Å². The van der Waals surface area contributed by atoms with Crippen LogP contribution in [0.25, 0.3) is 0 Å². The summed E-state index contributed by atoms with van der Waals surface area (Å²) in [6.45, 7) is 4.72. The van der Waals surface area contributed by atoms with Crippen molar-refractivity contribution in [2.75, 3.05) is 44.2 Å². The Balaban J connectivity index is 1.91. The van der Waals surface area contributed by atoms with Crippen molar-refractivity contribution in [2.45, 2.75) is 19.4 Å². The summed E-state index contributed by atoms with van der Waals surface area (Å²) in [7, 11) is -3.61. The van der Waals surface area contributed by atoms with Gasteiger partial charge in [-0.15, -0.1) is 0 Å². The lowest BCUT2D eigenvalue weighted by Gasteiger charge is -2.39. The molecule has 0 aromatic heterocycles. The maximum absolute atomic E-state index is 14.1. The van der Waals surface area contributed by atoms with Crippen molar-refractivity contribution >= 4 is 15.8 Å². The van der Waals surface area contributed by atoms with E-state index in [1.54, 1.807) is 0 Å². The van der Waals surface area contributed by atoms with E-state index in [-0.39, 0.29) is 18.3 Å². The molecule has 146 valence electrons. The SMILES string of the molecule is CCC(c1ccc(F)cc1F)N1CCN(CCS(=O)(=O)CC(=O)O)CC1. The fourth-order valence-electron chi connectivity index (χ4n) is 3.27. The van der Waals surface area contributed by atoms with E-state index in [0.717, 1.165) is 6.07 Å². The first kappa shape index (κ1) is 20.7. The predicted molar refractivity (Wildman–Crippen MR) is 93.7 cm³/mol. The molecule has 0 saturated carbocycles. The summed E-state index contributed by atoms with van der Waals surface area (Å²) in [5, 5.41) is 8.60. The van der Waals surface area contributed by atoms with Crippen molar-refractivity contribution in [3.63, 3.8) is 0 Å². The van der Waals surface area contributed by atoms with Gasteiger partial charge in [-0.1, -0.05) is 13.0 Å². The normalized spacial score (nSPS) is 18.0. The molecule has 0 bridgehead atoms. The largest absolute Gasteiger partial charge is 0.480 e. The summed E-state index contributed by atoms with van der Waals surface area (Å²) in [6.07, 6.45) is 0.676. The molecule has 1 heterocycles. The molecule has 2 rings (SSSR count). The van der Waals surface area contributed by atoms with E-state index in [1.807, 2.05) is 11.8 Å². The maximum Gasteiger partial charge on any atom is 0.318 e. The Bertz CT molecular complexity index is 734. The predicted octanol–water partition coefficient (Wildman–Crippen LogP) is 1.53. The summed E-state index contributed by atoms with van der Waals surface area (Å²) in [6, 6.07) is 3.46. The van der Waals surface area contributed by atoms with Gasteiger partial charge < -0.3 is 5.11 Å². The first-order chi connectivity index (χ1) is 12.2. The zero-order valence-electron chi connectivity index (χ0n) is 14.7. The van der Waals surface area contributed by atoms with Crippen LogP contribution in [-0.2, 0) is 14.6 Å². The van der Waals surface area contributed by atoms with Gasteiger partial charge in [0.1, 0.15) is 17.4 Å². The van der Waals surface area contributed by atoms with Crippen LogP contribution in [0.1, 0.15) is 24.9 Å². The number of piperazine rings is 1. The zero-order chi connectivity index (χ0) is 19.3. The highest BCUT2D eigenvalue weighted by Gasteiger charge is 2.26. The molecule has 26 heavy (non-hydrogen) atoms. The second kappa shape index (κ2) is 8.88. The summed E-state index contributed by atoms with van der Waals surface area (Å²) >= 11 is 0.